The molecular weight excluding hydrogens is 418 g/mol. The summed E-state index contributed by atoms with van der Waals surface area (Å²) in [5, 5.41) is 5.84. The summed E-state index contributed by atoms with van der Waals surface area (Å²) in [6.45, 7) is 1.08. The minimum absolute atomic E-state index is 0.0407. The first-order chi connectivity index (χ1) is 14.5. The predicted octanol–water partition coefficient (Wildman–Crippen LogP) is 3.53. The smallest absolute Gasteiger partial charge is 0.243 e. The highest BCUT2D eigenvalue weighted by molar-refractivity contribution is 7.89. The molecule has 0 bridgehead atoms. The van der Waals surface area contributed by atoms with Crippen LogP contribution in [-0.4, -0.2) is 36.7 Å². The molecule has 0 unspecified atom stereocenters. The second-order valence-electron chi connectivity index (χ2n) is 7.22. The van der Waals surface area contributed by atoms with E-state index < -0.39 is 10.0 Å². The summed E-state index contributed by atoms with van der Waals surface area (Å²) in [5.74, 6) is -0.222. The quantitative estimate of drug-likeness (QED) is 0.635. The molecule has 1 saturated heterocycles. The van der Waals surface area contributed by atoms with Gasteiger partial charge in [-0.15, -0.1) is 11.3 Å². The summed E-state index contributed by atoms with van der Waals surface area (Å²) in [6, 6.07) is 18.4. The van der Waals surface area contributed by atoms with Crippen molar-refractivity contribution in [3.8, 4) is 10.6 Å². The van der Waals surface area contributed by atoms with E-state index in [1.807, 2.05) is 35.7 Å². The van der Waals surface area contributed by atoms with Gasteiger partial charge in [-0.3, -0.25) is 4.79 Å². The van der Waals surface area contributed by atoms with Gasteiger partial charge in [-0.25, -0.2) is 13.4 Å². The molecule has 0 radical (unpaired) electrons. The molecule has 1 fully saturated rings. The maximum atomic E-state index is 12.7. The zero-order chi connectivity index (χ0) is 21.0. The Morgan fingerprint density at radius 2 is 1.67 bits per heavy atom. The fourth-order valence-electron chi connectivity index (χ4n) is 3.52. The standard InChI is InChI=1S/C22H23N3O3S2/c26-21(23-15-19-16-29-22(24-19)18-7-3-1-4-8-18)17-11-13-25(14-12-17)30(27,28)20-9-5-2-6-10-20/h1-10,16-17H,11-15H2,(H,23,26). The Morgan fingerprint density at radius 3 is 2.33 bits per heavy atom. The maximum absolute atomic E-state index is 12.7. The molecule has 2 heterocycles. The number of piperidine rings is 1. The molecular formula is C22H23N3O3S2. The molecule has 0 saturated carbocycles. The fourth-order valence-corrected chi connectivity index (χ4v) is 5.84. The maximum Gasteiger partial charge on any atom is 0.243 e. The molecule has 6 nitrogen and oxygen atoms in total. The molecule has 8 heteroatoms. The second-order valence-corrected chi connectivity index (χ2v) is 10.0. The number of amides is 1. The Labute approximate surface area is 180 Å². The Hall–Kier alpha value is -2.55. The monoisotopic (exact) mass is 441 g/mol. The van der Waals surface area contributed by atoms with Crippen LogP contribution in [0.15, 0.2) is 70.9 Å². The van der Waals surface area contributed by atoms with E-state index in [0.717, 1.165) is 16.3 Å². The van der Waals surface area contributed by atoms with Crippen molar-refractivity contribution >= 4 is 27.3 Å². The Balaban J connectivity index is 1.29. The molecule has 2 aromatic carbocycles. The Kier molecular flexibility index (Phi) is 6.26. The third-order valence-electron chi connectivity index (χ3n) is 5.22. The first-order valence-corrected chi connectivity index (χ1v) is 12.2. The molecule has 1 amide bonds. The number of thiazole rings is 1. The van der Waals surface area contributed by atoms with E-state index >= 15 is 0 Å². The lowest BCUT2D eigenvalue weighted by Crippen LogP contribution is -2.42. The number of nitrogens with one attached hydrogen (secondary N) is 1. The molecule has 0 spiro atoms. The van der Waals surface area contributed by atoms with Gasteiger partial charge in [0.2, 0.25) is 15.9 Å². The van der Waals surface area contributed by atoms with E-state index in [1.165, 1.54) is 4.31 Å². The van der Waals surface area contributed by atoms with Crippen molar-refractivity contribution in [2.24, 2.45) is 5.92 Å². The predicted molar refractivity (Wildman–Crippen MR) is 117 cm³/mol. The first kappa shape index (κ1) is 20.7. The van der Waals surface area contributed by atoms with Crippen LogP contribution in [-0.2, 0) is 21.4 Å². The number of aromatic nitrogens is 1. The first-order valence-electron chi connectivity index (χ1n) is 9.87. The van der Waals surface area contributed by atoms with Gasteiger partial charge < -0.3 is 5.32 Å². The van der Waals surface area contributed by atoms with Gasteiger partial charge in [0.15, 0.2) is 0 Å². The zero-order valence-electron chi connectivity index (χ0n) is 16.4. The van der Waals surface area contributed by atoms with Crippen LogP contribution >= 0.6 is 11.3 Å². The number of benzene rings is 2. The third kappa shape index (κ3) is 4.61. The summed E-state index contributed by atoms with van der Waals surface area (Å²) in [7, 11) is -3.50. The summed E-state index contributed by atoms with van der Waals surface area (Å²) in [5.41, 5.74) is 1.89. The van der Waals surface area contributed by atoms with Crippen LogP contribution in [0.4, 0.5) is 0 Å². The van der Waals surface area contributed by atoms with E-state index in [9.17, 15) is 13.2 Å². The van der Waals surface area contributed by atoms with Crippen molar-refractivity contribution < 1.29 is 13.2 Å². The number of sulfonamides is 1. The van der Waals surface area contributed by atoms with E-state index in [-0.39, 0.29) is 11.8 Å². The minimum Gasteiger partial charge on any atom is -0.350 e. The van der Waals surface area contributed by atoms with Crippen LogP contribution in [0.1, 0.15) is 18.5 Å². The largest absolute Gasteiger partial charge is 0.350 e. The number of carbonyl (C=O) groups excluding carboxylic acids is 1. The number of carbonyl (C=O) groups is 1. The van der Waals surface area contributed by atoms with Crippen LogP contribution in [0.25, 0.3) is 10.6 Å². The van der Waals surface area contributed by atoms with E-state index in [1.54, 1.807) is 41.7 Å². The Bertz CT molecular complexity index is 1090. The molecule has 1 aliphatic heterocycles. The molecule has 4 rings (SSSR count). The van der Waals surface area contributed by atoms with Crippen molar-refractivity contribution in [3.05, 3.63) is 71.7 Å². The van der Waals surface area contributed by atoms with Crippen LogP contribution in [0, 0.1) is 5.92 Å². The number of rotatable bonds is 6. The zero-order valence-corrected chi connectivity index (χ0v) is 18.0. The lowest BCUT2D eigenvalue weighted by Gasteiger charge is -2.30. The lowest BCUT2D eigenvalue weighted by molar-refractivity contribution is -0.126. The van der Waals surface area contributed by atoms with Crippen molar-refractivity contribution in [2.45, 2.75) is 24.3 Å². The van der Waals surface area contributed by atoms with Crippen molar-refractivity contribution in [3.63, 3.8) is 0 Å². The summed E-state index contributed by atoms with van der Waals surface area (Å²) in [6.07, 6.45) is 1.04. The molecule has 3 aromatic rings. The van der Waals surface area contributed by atoms with Crippen molar-refractivity contribution in [1.82, 2.24) is 14.6 Å². The van der Waals surface area contributed by atoms with E-state index in [0.29, 0.717) is 37.4 Å². The van der Waals surface area contributed by atoms with Gasteiger partial charge in [-0.05, 0) is 25.0 Å². The summed E-state index contributed by atoms with van der Waals surface area (Å²) < 4.78 is 26.9. The number of hydrogen-bond donors (Lipinski definition) is 1. The second kappa shape index (κ2) is 9.07. The molecule has 1 N–H and O–H groups in total. The number of hydrogen-bond acceptors (Lipinski definition) is 5. The van der Waals surface area contributed by atoms with Gasteiger partial charge in [0.05, 0.1) is 17.1 Å². The lowest BCUT2D eigenvalue weighted by atomic mass is 9.97. The van der Waals surface area contributed by atoms with Crippen LogP contribution in [0.3, 0.4) is 0 Å². The summed E-state index contributed by atoms with van der Waals surface area (Å²) in [4.78, 5) is 17.5. The topological polar surface area (TPSA) is 79.4 Å². The molecule has 0 atom stereocenters. The highest BCUT2D eigenvalue weighted by Crippen LogP contribution is 2.25. The molecule has 1 aromatic heterocycles. The van der Waals surface area contributed by atoms with E-state index in [2.05, 4.69) is 10.3 Å². The van der Waals surface area contributed by atoms with Gasteiger partial charge in [0, 0.05) is 30.0 Å². The Morgan fingerprint density at radius 1 is 1.03 bits per heavy atom. The minimum atomic E-state index is -3.50. The molecule has 0 aliphatic carbocycles. The van der Waals surface area contributed by atoms with Crippen molar-refractivity contribution in [2.75, 3.05) is 13.1 Å². The molecule has 156 valence electrons. The van der Waals surface area contributed by atoms with Crippen LogP contribution in [0.2, 0.25) is 0 Å². The third-order valence-corrected chi connectivity index (χ3v) is 8.07. The van der Waals surface area contributed by atoms with Crippen LogP contribution < -0.4 is 5.32 Å². The average Bonchev–Trinajstić information content (AvgIpc) is 3.28. The van der Waals surface area contributed by atoms with Crippen molar-refractivity contribution in [1.29, 1.82) is 0 Å². The average molecular weight is 442 g/mol. The normalized spacial score (nSPS) is 15.7. The van der Waals surface area contributed by atoms with Gasteiger partial charge in [0.1, 0.15) is 5.01 Å². The van der Waals surface area contributed by atoms with Gasteiger partial charge >= 0.3 is 0 Å². The highest BCUT2D eigenvalue weighted by Gasteiger charge is 2.31. The van der Waals surface area contributed by atoms with E-state index in [4.69, 9.17) is 0 Å². The fraction of sp³-hybridized carbons (Fsp3) is 0.273. The molecule has 30 heavy (non-hydrogen) atoms. The molecule has 1 aliphatic rings. The SMILES string of the molecule is O=C(NCc1csc(-c2ccccc2)n1)C1CCN(S(=O)(=O)c2ccccc2)CC1. The highest BCUT2D eigenvalue weighted by atomic mass is 32.2. The number of nitrogens with zero attached hydrogens (tertiary/aromatic N) is 2. The van der Waals surface area contributed by atoms with Gasteiger partial charge in [-0.2, -0.15) is 4.31 Å². The van der Waals surface area contributed by atoms with Gasteiger partial charge in [-0.1, -0.05) is 48.5 Å². The van der Waals surface area contributed by atoms with Crippen LogP contribution in [0.5, 0.6) is 0 Å². The summed E-state index contributed by atoms with van der Waals surface area (Å²) >= 11 is 1.56. The van der Waals surface area contributed by atoms with Gasteiger partial charge in [0.25, 0.3) is 0 Å².